The minimum Gasteiger partial charge on any atom is -0.493 e. The van der Waals surface area contributed by atoms with Gasteiger partial charge in [-0.3, -0.25) is 4.79 Å². The Hall–Kier alpha value is -2.78. The lowest BCUT2D eigenvalue weighted by Gasteiger charge is -2.16. The van der Waals surface area contributed by atoms with Gasteiger partial charge in [-0.1, -0.05) is 0 Å². The van der Waals surface area contributed by atoms with Crippen molar-refractivity contribution in [1.29, 1.82) is 0 Å². The number of halogens is 3. The third-order valence-electron chi connectivity index (χ3n) is 3.18. The number of carbonyl (C=O) groups is 1. The third-order valence-corrected chi connectivity index (χ3v) is 3.18. The molecule has 24 heavy (non-hydrogen) atoms. The first-order valence-corrected chi connectivity index (χ1v) is 6.67. The molecule has 2 N–H and O–H groups in total. The summed E-state index contributed by atoms with van der Waals surface area (Å²) >= 11 is 0. The van der Waals surface area contributed by atoms with Crippen LogP contribution < -0.4 is 14.8 Å². The molecule has 130 valence electrons. The van der Waals surface area contributed by atoms with Gasteiger partial charge in [0.05, 0.1) is 19.7 Å². The number of carboxylic acid groups (broad SMARTS) is 1. The van der Waals surface area contributed by atoms with Crippen LogP contribution in [0, 0.1) is 0 Å². The van der Waals surface area contributed by atoms with E-state index in [0.717, 1.165) is 0 Å². The predicted molar refractivity (Wildman–Crippen MR) is 78.4 cm³/mol. The van der Waals surface area contributed by atoms with Crippen molar-refractivity contribution in [3.8, 4) is 11.5 Å². The van der Waals surface area contributed by atoms with Gasteiger partial charge in [0, 0.05) is 11.5 Å². The zero-order chi connectivity index (χ0) is 18.1. The summed E-state index contributed by atoms with van der Waals surface area (Å²) in [5.41, 5.74) is -0.0601. The minimum absolute atomic E-state index is 0.0601. The van der Waals surface area contributed by atoms with E-state index in [1.165, 1.54) is 33.3 Å². The van der Waals surface area contributed by atoms with Crippen LogP contribution in [0.15, 0.2) is 12.1 Å². The second-order valence-electron chi connectivity index (χ2n) is 4.82. The summed E-state index contributed by atoms with van der Waals surface area (Å²) in [7, 11) is 2.70. The molecule has 0 aliphatic heterocycles. The fourth-order valence-electron chi connectivity index (χ4n) is 1.96. The van der Waals surface area contributed by atoms with E-state index in [2.05, 4.69) is 15.3 Å². The number of benzene rings is 1. The highest BCUT2D eigenvalue weighted by molar-refractivity contribution is 5.93. The highest BCUT2D eigenvalue weighted by Gasteiger charge is 2.36. The normalized spacial score (nSPS) is 12.8. The highest BCUT2D eigenvalue weighted by Crippen LogP contribution is 2.36. The average Bonchev–Trinajstić information content (AvgIpc) is 2.52. The number of nitrogens with one attached hydrogen (secondary N) is 1. The molecule has 0 fully saturated rings. The van der Waals surface area contributed by atoms with E-state index in [0.29, 0.717) is 0 Å². The molecule has 0 saturated carbocycles. The largest absolute Gasteiger partial charge is 0.493 e. The van der Waals surface area contributed by atoms with E-state index in [1.807, 2.05) is 0 Å². The minimum atomic E-state index is -4.79. The van der Waals surface area contributed by atoms with Gasteiger partial charge in [0.1, 0.15) is 11.9 Å². The fourth-order valence-corrected chi connectivity index (χ4v) is 1.96. The van der Waals surface area contributed by atoms with E-state index < -0.39 is 24.0 Å². The molecule has 2 aromatic rings. The molecule has 0 radical (unpaired) electrons. The smallest absolute Gasteiger partial charge is 0.451 e. The summed E-state index contributed by atoms with van der Waals surface area (Å²) < 4.78 is 49.1. The summed E-state index contributed by atoms with van der Waals surface area (Å²) in [6, 6.07) is 1.49. The summed E-state index contributed by atoms with van der Waals surface area (Å²) in [6.45, 7) is 1.28. The van der Waals surface area contributed by atoms with Crippen LogP contribution >= 0.6 is 0 Å². The van der Waals surface area contributed by atoms with Crippen LogP contribution in [-0.4, -0.2) is 41.3 Å². The van der Waals surface area contributed by atoms with Crippen LogP contribution in [0.1, 0.15) is 12.7 Å². The van der Waals surface area contributed by atoms with Crippen molar-refractivity contribution in [3.63, 3.8) is 0 Å². The van der Waals surface area contributed by atoms with E-state index in [4.69, 9.17) is 14.6 Å². The fraction of sp³-hybridized carbons (Fsp3) is 0.357. The van der Waals surface area contributed by atoms with E-state index >= 15 is 0 Å². The maximum atomic E-state index is 13.0. The lowest BCUT2D eigenvalue weighted by Crippen LogP contribution is -2.26. The molecule has 1 atom stereocenters. The number of alkyl halides is 3. The summed E-state index contributed by atoms with van der Waals surface area (Å²) in [6.07, 6.45) is -4.79. The molecule has 10 heteroatoms. The lowest BCUT2D eigenvalue weighted by atomic mass is 10.2. The van der Waals surface area contributed by atoms with Gasteiger partial charge in [-0.15, -0.1) is 0 Å². The molecule has 0 bridgehead atoms. The molecule has 0 spiro atoms. The zero-order valence-electron chi connectivity index (χ0n) is 12.9. The van der Waals surface area contributed by atoms with Crippen molar-refractivity contribution in [1.82, 2.24) is 9.97 Å². The lowest BCUT2D eigenvalue weighted by molar-refractivity contribution is -0.144. The monoisotopic (exact) mass is 345 g/mol. The molecule has 0 aliphatic carbocycles. The van der Waals surface area contributed by atoms with E-state index in [1.54, 1.807) is 0 Å². The molecule has 0 aliphatic rings. The zero-order valence-corrected chi connectivity index (χ0v) is 12.9. The molecule has 0 saturated heterocycles. The Morgan fingerprint density at radius 1 is 1.21 bits per heavy atom. The van der Waals surface area contributed by atoms with Crippen molar-refractivity contribution in [2.24, 2.45) is 0 Å². The second kappa shape index (κ2) is 6.38. The van der Waals surface area contributed by atoms with Crippen LogP contribution in [0.4, 0.5) is 19.0 Å². The quantitative estimate of drug-likeness (QED) is 0.860. The molecular weight excluding hydrogens is 331 g/mol. The van der Waals surface area contributed by atoms with Gasteiger partial charge in [-0.05, 0) is 13.0 Å². The number of hydrogen-bond acceptors (Lipinski definition) is 6. The van der Waals surface area contributed by atoms with Crippen molar-refractivity contribution in [2.75, 3.05) is 19.5 Å². The summed E-state index contributed by atoms with van der Waals surface area (Å²) in [5, 5.41) is 11.6. The maximum absolute atomic E-state index is 13.0. The predicted octanol–water partition coefficient (Wildman–Crippen LogP) is 2.55. The van der Waals surface area contributed by atoms with Crippen LogP contribution in [0.3, 0.4) is 0 Å². The first-order chi connectivity index (χ1) is 11.2. The van der Waals surface area contributed by atoms with Crippen LogP contribution in [0.25, 0.3) is 10.9 Å². The van der Waals surface area contributed by atoms with Gasteiger partial charge in [0.15, 0.2) is 11.5 Å². The number of hydrogen-bond donors (Lipinski definition) is 2. The third kappa shape index (κ3) is 3.42. The van der Waals surface area contributed by atoms with Gasteiger partial charge in [0.2, 0.25) is 5.82 Å². The van der Waals surface area contributed by atoms with Crippen molar-refractivity contribution in [2.45, 2.75) is 19.1 Å². The molecule has 1 heterocycles. The van der Waals surface area contributed by atoms with Gasteiger partial charge >= 0.3 is 12.1 Å². The van der Waals surface area contributed by atoms with Crippen LogP contribution in [0.2, 0.25) is 0 Å². The topological polar surface area (TPSA) is 93.6 Å². The van der Waals surface area contributed by atoms with Crippen LogP contribution in [0.5, 0.6) is 11.5 Å². The standard InChI is InChI=1S/C14H14F3N3O4/c1-6(12(21)22)18-11-7-4-9(23-2)10(24-3)5-8(7)19-13(20-11)14(15,16)17/h4-6H,1-3H3,(H,21,22)(H,18,19,20). The number of nitrogens with zero attached hydrogens (tertiary/aromatic N) is 2. The number of methoxy groups -OCH3 is 2. The molecule has 1 aromatic heterocycles. The van der Waals surface area contributed by atoms with Crippen LogP contribution in [-0.2, 0) is 11.0 Å². The molecule has 0 amide bonds. The molecular formula is C14H14F3N3O4. The van der Waals surface area contributed by atoms with E-state index in [9.17, 15) is 18.0 Å². The number of ether oxygens (including phenoxy) is 2. The number of aromatic nitrogens is 2. The SMILES string of the molecule is COc1cc2nc(C(F)(F)F)nc(NC(C)C(=O)O)c2cc1OC. The molecule has 1 unspecified atom stereocenters. The van der Waals surface area contributed by atoms with Gasteiger partial charge in [-0.2, -0.15) is 13.2 Å². The van der Waals surface area contributed by atoms with Crippen molar-refractivity contribution in [3.05, 3.63) is 18.0 Å². The van der Waals surface area contributed by atoms with Gasteiger partial charge in [-0.25, -0.2) is 9.97 Å². The Balaban J connectivity index is 2.72. The first kappa shape index (κ1) is 17.6. The van der Waals surface area contributed by atoms with Crippen molar-refractivity contribution >= 4 is 22.7 Å². The number of carboxylic acids is 1. The Labute approximate surface area is 134 Å². The summed E-state index contributed by atoms with van der Waals surface area (Å²) in [5.74, 6) is -2.45. The number of rotatable bonds is 5. The Morgan fingerprint density at radius 2 is 1.79 bits per heavy atom. The number of anilines is 1. The Kier molecular flexibility index (Phi) is 4.67. The molecule has 1 aromatic carbocycles. The van der Waals surface area contributed by atoms with E-state index in [-0.39, 0.29) is 28.2 Å². The average molecular weight is 345 g/mol. The van der Waals surface area contributed by atoms with Gasteiger partial charge < -0.3 is 19.9 Å². The molecule has 7 nitrogen and oxygen atoms in total. The molecule has 2 rings (SSSR count). The highest BCUT2D eigenvalue weighted by atomic mass is 19.4. The second-order valence-corrected chi connectivity index (χ2v) is 4.82. The van der Waals surface area contributed by atoms with Gasteiger partial charge in [0.25, 0.3) is 0 Å². The maximum Gasteiger partial charge on any atom is 0.451 e. The Bertz CT molecular complexity index is 780. The Morgan fingerprint density at radius 3 is 2.29 bits per heavy atom. The number of fused-ring (bicyclic) bond motifs is 1. The van der Waals surface area contributed by atoms with Crippen molar-refractivity contribution < 1.29 is 32.5 Å². The summed E-state index contributed by atoms with van der Waals surface area (Å²) in [4.78, 5) is 17.9. The number of aliphatic carboxylic acids is 1. The first-order valence-electron chi connectivity index (χ1n) is 6.67.